The van der Waals surface area contributed by atoms with Gasteiger partial charge in [0.25, 0.3) is 5.56 Å². The zero-order valence-corrected chi connectivity index (χ0v) is 19.0. The zero-order chi connectivity index (χ0) is 22.4. The number of nitrogens with one attached hydrogen (secondary N) is 2. The molecule has 3 N–H and O–H groups in total. The Bertz CT molecular complexity index is 1220. The topological polar surface area (TPSA) is 95.3 Å². The molecule has 3 aliphatic rings. The summed E-state index contributed by atoms with van der Waals surface area (Å²) in [7, 11) is 0. The van der Waals surface area contributed by atoms with Gasteiger partial charge in [-0.25, -0.2) is 4.98 Å². The van der Waals surface area contributed by atoms with Gasteiger partial charge in [-0.15, -0.1) is 0 Å². The Morgan fingerprint density at radius 1 is 1.03 bits per heavy atom. The lowest BCUT2D eigenvalue weighted by Gasteiger charge is -2.30. The third-order valence-corrected chi connectivity index (χ3v) is 7.50. The van der Waals surface area contributed by atoms with Crippen molar-refractivity contribution in [3.05, 3.63) is 34.7 Å². The van der Waals surface area contributed by atoms with E-state index in [-0.39, 0.29) is 17.7 Å². The monoisotopic (exact) mass is 448 g/mol. The van der Waals surface area contributed by atoms with E-state index in [0.717, 1.165) is 80.3 Å². The van der Waals surface area contributed by atoms with E-state index < -0.39 is 0 Å². The Hall–Kier alpha value is -2.71. The van der Waals surface area contributed by atoms with Gasteiger partial charge >= 0.3 is 0 Å². The van der Waals surface area contributed by atoms with Crippen molar-refractivity contribution in [3.8, 4) is 0 Å². The fourth-order valence-electron chi connectivity index (χ4n) is 5.33. The summed E-state index contributed by atoms with van der Waals surface area (Å²) in [4.78, 5) is 25.7. The van der Waals surface area contributed by atoms with E-state index in [1.165, 1.54) is 12.8 Å². The van der Waals surface area contributed by atoms with Gasteiger partial charge in [-0.05, 0) is 62.0 Å². The van der Waals surface area contributed by atoms with Crippen LogP contribution in [0.15, 0.2) is 29.2 Å². The van der Waals surface area contributed by atoms with Crippen LogP contribution in [0.4, 0.5) is 11.6 Å². The molecule has 0 amide bonds. The molecule has 33 heavy (non-hydrogen) atoms. The average Bonchev–Trinajstić information content (AvgIpc) is 3.69. The van der Waals surface area contributed by atoms with Crippen molar-refractivity contribution in [2.24, 2.45) is 5.92 Å². The molecular weight excluding hydrogens is 416 g/mol. The number of anilines is 2. The van der Waals surface area contributed by atoms with Crippen LogP contribution in [0.3, 0.4) is 0 Å². The first-order valence-electron chi connectivity index (χ1n) is 12.4. The number of aromatic nitrogens is 3. The van der Waals surface area contributed by atoms with Crippen LogP contribution in [-0.2, 0) is 0 Å². The van der Waals surface area contributed by atoms with Crippen molar-refractivity contribution in [2.45, 2.75) is 50.7 Å². The molecule has 0 atom stereocenters. The van der Waals surface area contributed by atoms with Crippen LogP contribution in [0.25, 0.3) is 21.8 Å². The number of hydrogen-bond donors (Lipinski definition) is 3. The average molecular weight is 449 g/mol. The lowest BCUT2D eigenvalue weighted by molar-refractivity contribution is 0.111. The van der Waals surface area contributed by atoms with Crippen molar-refractivity contribution in [2.75, 3.05) is 42.9 Å². The van der Waals surface area contributed by atoms with E-state index in [1.807, 2.05) is 10.8 Å². The van der Waals surface area contributed by atoms with E-state index in [9.17, 15) is 9.90 Å². The molecule has 0 bridgehead atoms. The van der Waals surface area contributed by atoms with Gasteiger partial charge in [0, 0.05) is 56.0 Å². The molecule has 6 rings (SSSR count). The second-order valence-electron chi connectivity index (χ2n) is 9.86. The number of aliphatic hydroxyl groups is 1. The normalized spacial score (nSPS) is 23.8. The number of pyridine rings is 1. The molecule has 2 saturated carbocycles. The molecule has 0 spiro atoms. The summed E-state index contributed by atoms with van der Waals surface area (Å²) in [6, 6.07) is 6.27. The molecule has 2 aliphatic carbocycles. The van der Waals surface area contributed by atoms with E-state index >= 15 is 0 Å². The Balaban J connectivity index is 1.49. The van der Waals surface area contributed by atoms with Crippen LogP contribution in [0.5, 0.6) is 0 Å². The van der Waals surface area contributed by atoms with Gasteiger partial charge in [0.2, 0.25) is 5.95 Å². The van der Waals surface area contributed by atoms with Gasteiger partial charge in [0.05, 0.1) is 11.5 Å². The minimum absolute atomic E-state index is 0.0164. The predicted octanol–water partition coefficient (Wildman–Crippen LogP) is 2.65. The largest absolute Gasteiger partial charge is 0.393 e. The summed E-state index contributed by atoms with van der Waals surface area (Å²) in [6.45, 7) is 4.66. The smallest absolute Gasteiger partial charge is 0.260 e. The third-order valence-electron chi connectivity index (χ3n) is 7.50. The fourth-order valence-corrected chi connectivity index (χ4v) is 5.33. The Labute approximate surface area is 193 Å². The van der Waals surface area contributed by atoms with Crippen LogP contribution in [0.1, 0.15) is 44.6 Å². The highest BCUT2D eigenvalue weighted by atomic mass is 16.3. The Kier molecular flexibility index (Phi) is 5.42. The lowest BCUT2D eigenvalue weighted by Crippen LogP contribution is -2.43. The van der Waals surface area contributed by atoms with Gasteiger partial charge in [-0.3, -0.25) is 9.36 Å². The van der Waals surface area contributed by atoms with Crippen LogP contribution >= 0.6 is 0 Å². The highest BCUT2D eigenvalue weighted by Crippen LogP contribution is 2.33. The highest BCUT2D eigenvalue weighted by Gasteiger charge is 2.26. The first-order valence-corrected chi connectivity index (χ1v) is 12.4. The molecule has 8 nitrogen and oxygen atoms in total. The molecule has 3 heterocycles. The number of hydrogen-bond acceptors (Lipinski definition) is 7. The zero-order valence-electron chi connectivity index (χ0n) is 19.0. The maximum Gasteiger partial charge on any atom is 0.260 e. The first kappa shape index (κ1) is 20.9. The maximum absolute atomic E-state index is 13.9. The molecule has 174 valence electrons. The summed E-state index contributed by atoms with van der Waals surface area (Å²) in [5.74, 6) is 1.31. The summed E-state index contributed by atoms with van der Waals surface area (Å²) in [6.07, 6.45) is 7.13. The van der Waals surface area contributed by atoms with Gasteiger partial charge in [0.15, 0.2) is 0 Å². The van der Waals surface area contributed by atoms with Gasteiger partial charge in [0.1, 0.15) is 5.65 Å². The minimum Gasteiger partial charge on any atom is -0.393 e. The van der Waals surface area contributed by atoms with E-state index in [4.69, 9.17) is 4.98 Å². The van der Waals surface area contributed by atoms with Crippen molar-refractivity contribution in [1.29, 1.82) is 0 Å². The minimum atomic E-state index is -0.270. The Morgan fingerprint density at radius 2 is 1.82 bits per heavy atom. The number of piperazine rings is 1. The summed E-state index contributed by atoms with van der Waals surface area (Å²) in [5.41, 5.74) is 1.81. The third kappa shape index (κ3) is 4.06. The van der Waals surface area contributed by atoms with Crippen molar-refractivity contribution < 1.29 is 5.11 Å². The van der Waals surface area contributed by atoms with Crippen LogP contribution in [0.2, 0.25) is 0 Å². The summed E-state index contributed by atoms with van der Waals surface area (Å²) >= 11 is 0. The molecule has 1 aliphatic heterocycles. The second kappa shape index (κ2) is 8.57. The molecule has 3 aromatic rings. The van der Waals surface area contributed by atoms with Crippen LogP contribution < -0.4 is 21.1 Å². The standard InChI is InChI=1S/C25H32N6O2/c32-19-6-3-17(4-7-19)31-23-22(15-28-25(29-23)27-14-16-1-2-16)20-8-5-18(13-21(20)24(31)33)30-11-9-26-10-12-30/h5,8,13,15-17,19,26,32H,1-4,6-7,9-12,14H2,(H,27,28,29)/t17-,19-. The SMILES string of the molecule is O=c1c2cc(N3CCNCC3)ccc2c2cnc(NCC3CC3)nc2n1[C@H]1CC[C@H](O)CC1. The molecule has 1 aromatic carbocycles. The molecule has 8 heteroatoms. The fraction of sp³-hybridized carbons (Fsp3) is 0.560. The number of benzene rings is 1. The molecular formula is C25H32N6O2. The molecule has 3 fully saturated rings. The second-order valence-corrected chi connectivity index (χ2v) is 9.86. The quantitative estimate of drug-likeness (QED) is 0.517. The van der Waals surface area contributed by atoms with Gasteiger partial charge < -0.3 is 20.6 Å². The summed E-state index contributed by atoms with van der Waals surface area (Å²) in [5, 5.41) is 19.4. The van der Waals surface area contributed by atoms with Gasteiger partial charge in [-0.1, -0.05) is 6.07 Å². The lowest BCUT2D eigenvalue weighted by atomic mass is 9.92. The highest BCUT2D eigenvalue weighted by molar-refractivity contribution is 6.05. The first-order chi connectivity index (χ1) is 16.2. The summed E-state index contributed by atoms with van der Waals surface area (Å²) < 4.78 is 1.90. The Morgan fingerprint density at radius 3 is 2.58 bits per heavy atom. The van der Waals surface area contributed by atoms with Crippen molar-refractivity contribution >= 4 is 33.4 Å². The number of fused-ring (bicyclic) bond motifs is 3. The van der Waals surface area contributed by atoms with E-state index in [0.29, 0.717) is 17.5 Å². The maximum atomic E-state index is 13.9. The molecule has 1 saturated heterocycles. The van der Waals surface area contributed by atoms with E-state index in [1.54, 1.807) is 0 Å². The van der Waals surface area contributed by atoms with Crippen LogP contribution in [-0.4, -0.2) is 58.5 Å². The van der Waals surface area contributed by atoms with Crippen LogP contribution in [0, 0.1) is 5.92 Å². The van der Waals surface area contributed by atoms with E-state index in [2.05, 4.69) is 38.7 Å². The van der Waals surface area contributed by atoms with Crippen molar-refractivity contribution in [3.63, 3.8) is 0 Å². The number of nitrogens with zero attached hydrogens (tertiary/aromatic N) is 4. The molecule has 0 unspecified atom stereocenters. The molecule has 0 radical (unpaired) electrons. The van der Waals surface area contributed by atoms with Gasteiger partial charge in [-0.2, -0.15) is 4.98 Å². The predicted molar refractivity (Wildman–Crippen MR) is 131 cm³/mol. The molecule has 2 aromatic heterocycles. The number of aliphatic hydroxyl groups excluding tert-OH is 1. The number of rotatable bonds is 5. The van der Waals surface area contributed by atoms with Crippen molar-refractivity contribution in [1.82, 2.24) is 19.9 Å².